The first kappa shape index (κ1) is 19.6. The van der Waals surface area contributed by atoms with Crippen LogP contribution in [0.15, 0.2) is 41.6 Å². The summed E-state index contributed by atoms with van der Waals surface area (Å²) in [4.78, 5) is 5.05. The summed E-state index contributed by atoms with van der Waals surface area (Å²) >= 11 is 11.9. The second kappa shape index (κ2) is 6.94. The van der Waals surface area contributed by atoms with Gasteiger partial charge in [-0.1, -0.05) is 40.5 Å². The number of alkyl halides is 3. The molecule has 1 aliphatic heterocycles. The molecule has 0 fully saturated rings. The van der Waals surface area contributed by atoms with Crippen molar-refractivity contribution in [2.75, 3.05) is 0 Å². The van der Waals surface area contributed by atoms with E-state index in [-0.39, 0.29) is 27.4 Å². The maximum Gasteiger partial charge on any atom is 0.435 e. The largest absolute Gasteiger partial charge is 0.435 e. The molecule has 0 spiro atoms. The second-order valence-electron chi connectivity index (χ2n) is 7.20. The zero-order chi connectivity index (χ0) is 20.1. The van der Waals surface area contributed by atoms with Crippen LogP contribution in [-0.4, -0.2) is 11.9 Å². The first-order valence-electron chi connectivity index (χ1n) is 8.87. The number of benzene rings is 2. The molecule has 148 valence electrons. The van der Waals surface area contributed by atoms with E-state index in [0.29, 0.717) is 5.56 Å². The maximum absolute atomic E-state index is 14.1. The van der Waals surface area contributed by atoms with E-state index >= 15 is 0 Å². The van der Waals surface area contributed by atoms with Crippen molar-refractivity contribution in [1.82, 2.24) is 0 Å². The van der Waals surface area contributed by atoms with Gasteiger partial charge in [0.25, 0.3) is 5.60 Å². The van der Waals surface area contributed by atoms with Crippen LogP contribution in [0.25, 0.3) is 0 Å². The predicted molar refractivity (Wildman–Crippen MR) is 103 cm³/mol. The third-order valence-electron chi connectivity index (χ3n) is 5.35. The minimum absolute atomic E-state index is 0.0394. The molecule has 0 saturated heterocycles. The molecule has 1 aliphatic carbocycles. The van der Waals surface area contributed by atoms with Crippen LogP contribution in [0, 0.1) is 0 Å². The zero-order valence-corrected chi connectivity index (χ0v) is 16.2. The minimum Gasteiger partial charge on any atom is -0.374 e. The lowest BCUT2D eigenvalue weighted by Crippen LogP contribution is -2.42. The van der Waals surface area contributed by atoms with E-state index in [1.807, 2.05) is 12.1 Å². The predicted octanol–water partition coefficient (Wildman–Crippen LogP) is 5.91. The number of aryl methyl sites for hydroxylation is 1. The van der Waals surface area contributed by atoms with Crippen LogP contribution in [0.2, 0.25) is 10.0 Å². The molecule has 2 unspecified atom stereocenters. The van der Waals surface area contributed by atoms with E-state index in [1.165, 1.54) is 18.2 Å². The van der Waals surface area contributed by atoms with E-state index in [1.54, 1.807) is 6.07 Å². The van der Waals surface area contributed by atoms with Gasteiger partial charge in [-0.25, -0.2) is 0 Å². The van der Waals surface area contributed by atoms with Crippen LogP contribution >= 0.6 is 23.2 Å². The SMILES string of the molecule is NC1CCCc2cc(C3=NOC(c4cc(Cl)cc(Cl)c4)(C(F)(F)F)C3)ccc21. The van der Waals surface area contributed by atoms with E-state index < -0.39 is 18.2 Å². The molecule has 0 radical (unpaired) electrons. The lowest BCUT2D eigenvalue weighted by atomic mass is 9.83. The molecular weight excluding hydrogens is 412 g/mol. The highest BCUT2D eigenvalue weighted by atomic mass is 35.5. The van der Waals surface area contributed by atoms with Crippen molar-refractivity contribution in [2.24, 2.45) is 10.9 Å². The van der Waals surface area contributed by atoms with Gasteiger partial charge in [0, 0.05) is 28.1 Å². The molecule has 1 heterocycles. The number of hydrogen-bond acceptors (Lipinski definition) is 3. The highest BCUT2D eigenvalue weighted by molar-refractivity contribution is 6.34. The van der Waals surface area contributed by atoms with E-state index in [0.717, 1.165) is 30.4 Å². The number of nitrogens with zero attached hydrogens (tertiary/aromatic N) is 1. The molecule has 2 aliphatic rings. The molecule has 3 nitrogen and oxygen atoms in total. The van der Waals surface area contributed by atoms with Gasteiger partial charge in [0.1, 0.15) is 0 Å². The maximum atomic E-state index is 14.1. The average molecular weight is 429 g/mol. The topological polar surface area (TPSA) is 47.6 Å². The Morgan fingerprint density at radius 3 is 2.50 bits per heavy atom. The summed E-state index contributed by atoms with van der Waals surface area (Å²) in [6, 6.07) is 9.26. The molecule has 8 heteroatoms. The number of oxime groups is 1. The summed E-state index contributed by atoms with van der Waals surface area (Å²) in [6.07, 6.45) is -2.46. The summed E-state index contributed by atoms with van der Waals surface area (Å²) in [5.41, 5.74) is 6.26. The lowest BCUT2D eigenvalue weighted by Gasteiger charge is -2.29. The smallest absolute Gasteiger partial charge is 0.374 e. The first-order valence-corrected chi connectivity index (χ1v) is 9.62. The van der Waals surface area contributed by atoms with E-state index in [2.05, 4.69) is 5.16 Å². The van der Waals surface area contributed by atoms with Crippen molar-refractivity contribution < 1.29 is 18.0 Å². The number of nitrogens with two attached hydrogens (primary N) is 1. The van der Waals surface area contributed by atoms with Gasteiger partial charge < -0.3 is 10.6 Å². The molecule has 2 N–H and O–H groups in total. The fraction of sp³-hybridized carbons (Fsp3) is 0.350. The number of rotatable bonds is 2. The fourth-order valence-corrected chi connectivity index (χ4v) is 4.40. The third kappa shape index (κ3) is 3.27. The van der Waals surface area contributed by atoms with Crippen molar-refractivity contribution in [1.29, 1.82) is 0 Å². The van der Waals surface area contributed by atoms with Gasteiger partial charge in [0.2, 0.25) is 0 Å². The van der Waals surface area contributed by atoms with Gasteiger partial charge in [-0.05, 0) is 60.2 Å². The van der Waals surface area contributed by atoms with Gasteiger partial charge in [-0.15, -0.1) is 0 Å². The quantitative estimate of drug-likeness (QED) is 0.645. The highest BCUT2D eigenvalue weighted by Crippen LogP contribution is 2.49. The minimum atomic E-state index is -4.71. The molecule has 0 amide bonds. The van der Waals surface area contributed by atoms with Crippen molar-refractivity contribution >= 4 is 28.9 Å². The van der Waals surface area contributed by atoms with Crippen molar-refractivity contribution in [3.63, 3.8) is 0 Å². The highest BCUT2D eigenvalue weighted by Gasteiger charge is 2.62. The molecule has 2 aromatic carbocycles. The van der Waals surface area contributed by atoms with Crippen LogP contribution < -0.4 is 5.73 Å². The second-order valence-corrected chi connectivity index (χ2v) is 8.07. The molecule has 2 aromatic rings. The molecule has 0 aromatic heterocycles. The monoisotopic (exact) mass is 428 g/mol. The van der Waals surface area contributed by atoms with Crippen LogP contribution in [0.5, 0.6) is 0 Å². The standard InChI is InChI=1S/C20H17Cl2F3N2O/c21-14-7-13(8-15(22)9-14)19(20(23,24)25)10-18(27-28-19)12-4-5-16-11(6-12)2-1-3-17(16)26/h4-9,17H,1-3,10,26H2. The van der Waals surface area contributed by atoms with Gasteiger partial charge in [0.05, 0.1) is 5.71 Å². The van der Waals surface area contributed by atoms with Crippen LogP contribution in [0.4, 0.5) is 13.2 Å². The summed E-state index contributed by atoms with van der Waals surface area (Å²) in [6.45, 7) is 0. The summed E-state index contributed by atoms with van der Waals surface area (Å²) < 4.78 is 42.2. The van der Waals surface area contributed by atoms with Crippen LogP contribution in [0.3, 0.4) is 0 Å². The van der Waals surface area contributed by atoms with E-state index in [4.69, 9.17) is 33.8 Å². The van der Waals surface area contributed by atoms with Gasteiger partial charge in [0.15, 0.2) is 0 Å². The zero-order valence-electron chi connectivity index (χ0n) is 14.7. The molecule has 28 heavy (non-hydrogen) atoms. The van der Waals surface area contributed by atoms with Gasteiger partial charge >= 0.3 is 6.18 Å². The normalized spacial score (nSPS) is 24.5. The van der Waals surface area contributed by atoms with Crippen molar-refractivity contribution in [3.05, 3.63) is 68.7 Å². The van der Waals surface area contributed by atoms with E-state index in [9.17, 15) is 13.2 Å². The Bertz CT molecular complexity index is 941. The Labute approximate surface area is 170 Å². The molecule has 4 rings (SSSR count). The number of halogens is 5. The Kier molecular flexibility index (Phi) is 4.84. The Morgan fingerprint density at radius 1 is 1.11 bits per heavy atom. The van der Waals surface area contributed by atoms with Gasteiger partial charge in [-0.2, -0.15) is 13.2 Å². The summed E-state index contributed by atoms with van der Waals surface area (Å²) in [7, 11) is 0. The average Bonchev–Trinajstić information content (AvgIpc) is 3.07. The Hall–Kier alpha value is -1.76. The Morgan fingerprint density at radius 2 is 1.82 bits per heavy atom. The van der Waals surface area contributed by atoms with Crippen LogP contribution in [0.1, 0.15) is 47.6 Å². The molecule has 2 atom stereocenters. The molecular formula is C20H17Cl2F3N2O. The number of hydrogen-bond donors (Lipinski definition) is 1. The fourth-order valence-electron chi connectivity index (χ4n) is 3.88. The first-order chi connectivity index (χ1) is 13.2. The van der Waals surface area contributed by atoms with Gasteiger partial charge in [-0.3, -0.25) is 0 Å². The third-order valence-corrected chi connectivity index (χ3v) is 5.79. The summed E-state index contributed by atoms with van der Waals surface area (Å²) in [5.74, 6) is 0. The molecule has 0 saturated carbocycles. The van der Waals surface area contributed by atoms with Crippen molar-refractivity contribution in [2.45, 2.75) is 43.5 Å². The number of fused-ring (bicyclic) bond motifs is 1. The lowest BCUT2D eigenvalue weighted by molar-refractivity contribution is -0.275. The Balaban J connectivity index is 1.71. The molecule has 0 bridgehead atoms. The summed E-state index contributed by atoms with van der Waals surface area (Å²) in [5, 5.41) is 4.01. The van der Waals surface area contributed by atoms with Crippen molar-refractivity contribution in [3.8, 4) is 0 Å². The van der Waals surface area contributed by atoms with Crippen LogP contribution in [-0.2, 0) is 16.9 Å².